The number of benzene rings is 4. The van der Waals surface area contributed by atoms with E-state index >= 15 is 0 Å². The van der Waals surface area contributed by atoms with Crippen molar-refractivity contribution in [2.45, 2.75) is 4.90 Å². The molecule has 0 amide bonds. The molecule has 5 nitrogen and oxygen atoms in total. The third-order valence-electron chi connectivity index (χ3n) is 9.07. The maximum atomic E-state index is 10.8. The van der Waals surface area contributed by atoms with Crippen LogP contribution in [0.15, 0.2) is 138 Å². The van der Waals surface area contributed by atoms with Gasteiger partial charge in [-0.15, -0.1) is 11.4 Å². The van der Waals surface area contributed by atoms with Gasteiger partial charge < -0.3 is 19.9 Å². The molecule has 0 aliphatic carbocycles. The van der Waals surface area contributed by atoms with Crippen molar-refractivity contribution in [3.63, 3.8) is 0 Å². The molecule has 4 aromatic heterocycles. The fourth-order valence-corrected chi connectivity index (χ4v) is 8.85. The minimum atomic E-state index is -0.829. The van der Waals surface area contributed by atoms with Crippen molar-refractivity contribution in [1.82, 2.24) is 19.9 Å². The third-order valence-corrected chi connectivity index (χ3v) is 11.9. The maximum absolute atomic E-state index is 10.8. The summed E-state index contributed by atoms with van der Waals surface area (Å²) in [5.41, 5.74) is 6.77. The average molecular weight is 925 g/mol. The SMILES string of the molecule is C[S@@](=O)c1ccccc1.Clc1cccc(Cl)c1[C+]1c2ccc([n-]2)-c2ccc([n-]2)[C+](c2c(Cl)cccc2Cl)c2ccc([n-]2)[C+](c2c(Cl)cccc2Cl)c2ccc1[n-]2.[Mn]. The van der Waals surface area contributed by atoms with Crippen molar-refractivity contribution in [2.75, 3.05) is 6.26 Å². The van der Waals surface area contributed by atoms with E-state index < -0.39 is 10.8 Å². The first-order valence-corrected chi connectivity index (χ1v) is 20.8. The fraction of sp³-hybridized carbons (Fsp3) is 0.0227. The van der Waals surface area contributed by atoms with Crippen LogP contribution in [0.4, 0.5) is 0 Å². The molecule has 5 heterocycles. The van der Waals surface area contributed by atoms with Crippen LogP contribution < -0.4 is 19.9 Å². The Bertz CT molecular complexity index is 2510. The molecule has 0 saturated carbocycles. The largest absolute Gasteiger partial charge is 0.644 e. The molecule has 0 saturated heterocycles. The molecule has 1 aliphatic rings. The van der Waals surface area contributed by atoms with Crippen LogP contribution in [-0.4, -0.2) is 10.5 Å². The van der Waals surface area contributed by atoms with Gasteiger partial charge in [-0.25, -0.2) is 0 Å². The van der Waals surface area contributed by atoms with Crippen LogP contribution >= 0.6 is 69.6 Å². The molecule has 283 valence electrons. The van der Waals surface area contributed by atoms with Gasteiger partial charge >= 0.3 is 0 Å². The first-order chi connectivity index (χ1) is 27.1. The van der Waals surface area contributed by atoms with Crippen molar-refractivity contribution in [3.05, 3.63) is 232 Å². The van der Waals surface area contributed by atoms with E-state index in [1.54, 1.807) is 60.9 Å². The number of halogens is 6. The van der Waals surface area contributed by atoms with Crippen molar-refractivity contribution >= 4 is 80.4 Å². The molecular formula is C44H25Cl6MnN4OS-. The summed E-state index contributed by atoms with van der Waals surface area (Å²) in [5, 5.41) is 2.74. The Labute approximate surface area is 373 Å². The molecule has 13 heteroatoms. The normalized spacial score (nSPS) is 12.6. The average Bonchev–Trinajstić information content (AvgIpc) is 4.02. The molecule has 1 radical (unpaired) electrons. The van der Waals surface area contributed by atoms with Crippen molar-refractivity contribution < 1.29 is 21.3 Å². The van der Waals surface area contributed by atoms with Gasteiger partial charge in [-0.3, -0.25) is 4.21 Å². The zero-order valence-electron chi connectivity index (χ0n) is 29.5. The number of hydrogen-bond acceptors (Lipinski definition) is 1. The van der Waals surface area contributed by atoms with E-state index in [-0.39, 0.29) is 17.1 Å². The standard InChI is InChI=1S/C37H17Cl6N4.C7H8OS.Mn/c38-18-4-1-5-19(39)32(18)35-26-12-10-24(44-26)25-11-13-27(45-25)36(33-20(40)6-2-7-21(33)41)29-15-17-31(47-29)37(30-16-14-28(35)46-30)34-22(42)8-3-9-23(34)43;1-9(8)7-5-3-2-4-6-7;/h1-17H;2-6H,1H3;/q-1;;/t;9-;/m.1./s1. The van der Waals surface area contributed by atoms with Crippen LogP contribution in [0.25, 0.3) is 11.4 Å². The van der Waals surface area contributed by atoms with Gasteiger partial charge in [0.2, 0.25) is 0 Å². The second-order valence-electron chi connectivity index (χ2n) is 12.5. The molecule has 0 N–H and O–H groups in total. The predicted octanol–water partition coefficient (Wildman–Crippen LogP) is 11.9. The summed E-state index contributed by atoms with van der Waals surface area (Å²) >= 11 is 40.9. The van der Waals surface area contributed by atoms with Crippen LogP contribution in [-0.2, 0) is 27.9 Å². The molecule has 1 atom stereocenters. The zero-order valence-corrected chi connectivity index (χ0v) is 36.0. The Kier molecular flexibility index (Phi) is 12.6. The van der Waals surface area contributed by atoms with Gasteiger partial charge in [-0.05, 0) is 183 Å². The quantitative estimate of drug-likeness (QED) is 0.130. The van der Waals surface area contributed by atoms with Crippen molar-refractivity contribution in [3.8, 4) is 11.4 Å². The van der Waals surface area contributed by atoms with Gasteiger partial charge in [0, 0.05) is 81.0 Å². The molecular weight excluding hydrogens is 900 g/mol. The molecule has 0 fully saturated rings. The molecule has 57 heavy (non-hydrogen) atoms. The summed E-state index contributed by atoms with van der Waals surface area (Å²) in [4.78, 5) is 21.2. The smallest absolute Gasteiger partial charge is 0.115 e. The molecule has 9 rings (SSSR count). The summed E-state index contributed by atoms with van der Waals surface area (Å²) in [6.07, 6.45) is 1.68. The molecule has 0 spiro atoms. The van der Waals surface area contributed by atoms with Crippen LogP contribution in [0.5, 0.6) is 0 Å². The van der Waals surface area contributed by atoms with Gasteiger partial charge in [0.25, 0.3) is 0 Å². The van der Waals surface area contributed by atoms with Gasteiger partial charge in [-0.1, -0.05) is 29.6 Å². The number of fused-ring (bicyclic) bond motifs is 9. The van der Waals surface area contributed by atoms with Gasteiger partial charge in [0.1, 0.15) is 46.8 Å². The van der Waals surface area contributed by atoms with Crippen LogP contribution in [0, 0.1) is 17.8 Å². The Hall–Kier alpha value is -3.98. The first-order valence-electron chi connectivity index (χ1n) is 17.0. The minimum absolute atomic E-state index is 0. The summed E-state index contributed by atoms with van der Waals surface area (Å²) in [5.74, 6) is 1.96. The third kappa shape index (κ3) is 8.20. The predicted molar refractivity (Wildman–Crippen MR) is 228 cm³/mol. The molecule has 4 aromatic carbocycles. The summed E-state index contributed by atoms with van der Waals surface area (Å²) in [6.45, 7) is 0. The van der Waals surface area contributed by atoms with E-state index in [2.05, 4.69) is 0 Å². The number of nitrogens with zero attached hydrogens (tertiary/aromatic N) is 4. The fourth-order valence-electron chi connectivity index (χ4n) is 6.55. The van der Waals surface area contributed by atoms with E-state index in [0.29, 0.717) is 110 Å². The maximum Gasteiger partial charge on any atom is 0.115 e. The number of rotatable bonds is 4. The van der Waals surface area contributed by atoms with Crippen molar-refractivity contribution in [2.24, 2.45) is 0 Å². The second-order valence-corrected chi connectivity index (χ2v) is 16.4. The Morgan fingerprint density at radius 3 is 0.947 bits per heavy atom. The Morgan fingerprint density at radius 1 is 0.386 bits per heavy atom. The molecule has 0 unspecified atom stereocenters. The van der Waals surface area contributed by atoms with Gasteiger partial charge in [-0.2, -0.15) is 0 Å². The van der Waals surface area contributed by atoms with E-state index in [0.717, 1.165) is 4.90 Å². The van der Waals surface area contributed by atoms with Crippen LogP contribution in [0.3, 0.4) is 0 Å². The van der Waals surface area contributed by atoms with E-state index in [1.165, 1.54) is 0 Å². The molecule has 1 aliphatic heterocycles. The number of hydrogen-bond donors (Lipinski definition) is 0. The monoisotopic (exact) mass is 922 g/mol. The van der Waals surface area contributed by atoms with Crippen LogP contribution in [0.1, 0.15) is 50.9 Å². The van der Waals surface area contributed by atoms with Gasteiger partial charge in [0.05, 0.1) is 0 Å². The topological polar surface area (TPSA) is 73.5 Å². The minimum Gasteiger partial charge on any atom is -0.644 e. The molecule has 8 bridgehead atoms. The van der Waals surface area contributed by atoms with E-state index in [1.807, 2.05) is 78.9 Å². The Balaban J connectivity index is 0.000000440. The summed E-state index contributed by atoms with van der Waals surface area (Å²) < 4.78 is 10.8. The van der Waals surface area contributed by atoms with Crippen molar-refractivity contribution in [1.29, 1.82) is 0 Å². The van der Waals surface area contributed by atoms with Crippen LogP contribution in [0.2, 0.25) is 30.1 Å². The Morgan fingerprint density at radius 2 is 0.667 bits per heavy atom. The molecule has 8 aromatic rings. The second kappa shape index (κ2) is 17.5. The number of aromatic nitrogens is 4. The zero-order chi connectivity index (χ0) is 39.1. The van der Waals surface area contributed by atoms with E-state index in [9.17, 15) is 4.21 Å². The summed E-state index contributed by atoms with van der Waals surface area (Å²) in [6, 6.07) is 40.8. The summed E-state index contributed by atoms with van der Waals surface area (Å²) in [7, 11) is -0.829. The van der Waals surface area contributed by atoms with Gasteiger partial charge in [0.15, 0.2) is 0 Å². The first kappa shape index (κ1) is 41.2. The van der Waals surface area contributed by atoms with E-state index in [4.69, 9.17) is 89.5 Å².